The van der Waals surface area contributed by atoms with Crippen LogP contribution in [-0.2, 0) is 9.53 Å². The average Bonchev–Trinajstić information content (AvgIpc) is 3.28. The fourth-order valence-electron chi connectivity index (χ4n) is 2.33. The number of carbonyl (C=O) groups is 4. The van der Waals surface area contributed by atoms with Gasteiger partial charge in [-0.25, -0.2) is 4.79 Å². The Kier molecular flexibility index (Phi) is 6.16. The third kappa shape index (κ3) is 5.39. The average molecular weight is 392 g/mol. The second kappa shape index (κ2) is 9.14. The quantitative estimate of drug-likeness (QED) is 0.623. The smallest absolute Gasteiger partial charge is 0.338 e. The van der Waals surface area contributed by atoms with Gasteiger partial charge in [-0.1, -0.05) is 18.2 Å². The van der Waals surface area contributed by atoms with Gasteiger partial charge in [0.15, 0.2) is 12.4 Å². The van der Waals surface area contributed by atoms with E-state index in [1.807, 2.05) is 0 Å². The van der Waals surface area contributed by atoms with Crippen molar-refractivity contribution >= 4 is 29.4 Å². The Morgan fingerprint density at radius 3 is 2.17 bits per heavy atom. The first-order valence-electron chi connectivity index (χ1n) is 8.54. The lowest BCUT2D eigenvalue weighted by molar-refractivity contribution is -0.123. The van der Waals surface area contributed by atoms with Crippen LogP contribution in [0, 0.1) is 0 Å². The normalized spacial score (nSPS) is 10.1. The molecule has 2 aromatic carbocycles. The van der Waals surface area contributed by atoms with Gasteiger partial charge in [0.1, 0.15) is 0 Å². The number of hydrogen-bond acceptors (Lipinski definition) is 6. The van der Waals surface area contributed by atoms with E-state index in [1.54, 1.807) is 36.4 Å². The van der Waals surface area contributed by atoms with Crippen molar-refractivity contribution in [3.8, 4) is 0 Å². The van der Waals surface area contributed by atoms with E-state index in [0.717, 1.165) is 0 Å². The molecule has 8 heteroatoms. The van der Waals surface area contributed by atoms with E-state index in [1.165, 1.54) is 36.6 Å². The van der Waals surface area contributed by atoms with Crippen molar-refractivity contribution in [1.82, 2.24) is 5.32 Å². The number of hydrogen-bond donors (Lipinski definition) is 2. The zero-order valence-electron chi connectivity index (χ0n) is 15.1. The lowest BCUT2D eigenvalue weighted by atomic mass is 10.2. The number of carbonyl (C=O) groups excluding carboxylic acids is 4. The van der Waals surface area contributed by atoms with Gasteiger partial charge in [-0.3, -0.25) is 19.7 Å². The van der Waals surface area contributed by atoms with Crippen LogP contribution in [-0.4, -0.2) is 30.3 Å². The van der Waals surface area contributed by atoms with Crippen LogP contribution in [0.4, 0.5) is 5.69 Å². The maximum absolute atomic E-state index is 12.0. The van der Waals surface area contributed by atoms with E-state index in [9.17, 15) is 19.2 Å². The number of rotatable bonds is 6. The number of anilines is 1. The van der Waals surface area contributed by atoms with Crippen LogP contribution in [0.5, 0.6) is 0 Å². The lowest BCUT2D eigenvalue weighted by Gasteiger charge is -2.07. The van der Waals surface area contributed by atoms with Crippen molar-refractivity contribution in [2.24, 2.45) is 0 Å². The molecule has 3 amide bonds. The highest BCUT2D eigenvalue weighted by molar-refractivity contribution is 6.05. The predicted octanol–water partition coefficient (Wildman–Crippen LogP) is 2.65. The maximum atomic E-state index is 12.0. The third-order valence-electron chi connectivity index (χ3n) is 3.75. The summed E-state index contributed by atoms with van der Waals surface area (Å²) in [7, 11) is 0. The Hall–Kier alpha value is -4.20. The first kappa shape index (κ1) is 19.6. The second-order valence-electron chi connectivity index (χ2n) is 5.83. The third-order valence-corrected chi connectivity index (χ3v) is 3.75. The highest BCUT2D eigenvalue weighted by Gasteiger charge is 2.14. The topological polar surface area (TPSA) is 115 Å². The number of furan rings is 1. The fourth-order valence-corrected chi connectivity index (χ4v) is 2.33. The molecule has 1 aromatic heterocycles. The zero-order chi connectivity index (χ0) is 20.6. The van der Waals surface area contributed by atoms with Crippen molar-refractivity contribution in [3.05, 3.63) is 89.9 Å². The maximum Gasteiger partial charge on any atom is 0.338 e. The standard InChI is InChI=1S/C21H16N2O6/c24-18(23-19(25)14-5-2-1-3-6-14)13-29-21(27)15-8-10-16(11-9-15)22-20(26)17-7-4-12-28-17/h1-12H,13H2,(H,22,26)(H,23,24,25). The number of amides is 3. The number of esters is 1. The lowest BCUT2D eigenvalue weighted by Crippen LogP contribution is -2.34. The predicted molar refractivity (Wildman–Crippen MR) is 102 cm³/mol. The molecule has 3 aromatic rings. The van der Waals surface area contributed by atoms with Gasteiger partial charge in [-0.15, -0.1) is 0 Å². The molecule has 0 atom stereocenters. The summed E-state index contributed by atoms with van der Waals surface area (Å²) < 4.78 is 9.89. The van der Waals surface area contributed by atoms with Gasteiger partial charge in [0.2, 0.25) is 0 Å². The monoisotopic (exact) mass is 392 g/mol. The number of ether oxygens (including phenoxy) is 1. The van der Waals surface area contributed by atoms with Gasteiger partial charge in [0.25, 0.3) is 17.7 Å². The molecule has 0 aliphatic rings. The Labute approximate surface area is 165 Å². The molecule has 0 spiro atoms. The molecular formula is C21H16N2O6. The Morgan fingerprint density at radius 1 is 0.793 bits per heavy atom. The summed E-state index contributed by atoms with van der Waals surface area (Å²) in [6.07, 6.45) is 1.39. The summed E-state index contributed by atoms with van der Waals surface area (Å²) in [6.45, 7) is -0.603. The van der Waals surface area contributed by atoms with Crippen LogP contribution in [0.1, 0.15) is 31.3 Å². The van der Waals surface area contributed by atoms with E-state index in [4.69, 9.17) is 9.15 Å². The van der Waals surface area contributed by atoms with E-state index in [2.05, 4.69) is 10.6 Å². The van der Waals surface area contributed by atoms with Crippen LogP contribution in [0.15, 0.2) is 77.4 Å². The molecule has 1 heterocycles. The molecule has 0 unspecified atom stereocenters. The van der Waals surface area contributed by atoms with Gasteiger partial charge in [0.05, 0.1) is 11.8 Å². The molecule has 2 N–H and O–H groups in total. The largest absolute Gasteiger partial charge is 0.459 e. The molecule has 0 saturated heterocycles. The molecule has 0 radical (unpaired) electrons. The van der Waals surface area contributed by atoms with Crippen LogP contribution < -0.4 is 10.6 Å². The van der Waals surface area contributed by atoms with Crippen molar-refractivity contribution in [1.29, 1.82) is 0 Å². The summed E-state index contributed by atoms with van der Waals surface area (Å²) in [5, 5.41) is 4.75. The molecule has 8 nitrogen and oxygen atoms in total. The molecule has 0 fully saturated rings. The second-order valence-corrected chi connectivity index (χ2v) is 5.83. The Balaban J connectivity index is 1.48. The van der Waals surface area contributed by atoms with E-state index < -0.39 is 30.3 Å². The highest BCUT2D eigenvalue weighted by Crippen LogP contribution is 2.12. The number of imide groups is 1. The van der Waals surface area contributed by atoms with Crippen molar-refractivity contribution in [2.45, 2.75) is 0 Å². The fraction of sp³-hybridized carbons (Fsp3) is 0.0476. The van der Waals surface area contributed by atoms with Gasteiger partial charge in [0, 0.05) is 11.3 Å². The molecular weight excluding hydrogens is 376 g/mol. The molecule has 0 aliphatic carbocycles. The summed E-state index contributed by atoms with van der Waals surface area (Å²) in [5.74, 6) is -2.33. The van der Waals surface area contributed by atoms with Crippen LogP contribution in [0.2, 0.25) is 0 Å². The first-order valence-corrected chi connectivity index (χ1v) is 8.54. The summed E-state index contributed by atoms with van der Waals surface area (Å²) >= 11 is 0. The van der Waals surface area contributed by atoms with Crippen LogP contribution in [0.3, 0.4) is 0 Å². The number of nitrogens with one attached hydrogen (secondary N) is 2. The number of benzene rings is 2. The minimum Gasteiger partial charge on any atom is -0.459 e. The van der Waals surface area contributed by atoms with Gasteiger partial charge in [-0.05, 0) is 48.5 Å². The minimum atomic E-state index is -0.741. The van der Waals surface area contributed by atoms with Gasteiger partial charge < -0.3 is 14.5 Å². The molecule has 0 aliphatic heterocycles. The van der Waals surface area contributed by atoms with E-state index in [0.29, 0.717) is 11.3 Å². The highest BCUT2D eigenvalue weighted by atomic mass is 16.5. The Morgan fingerprint density at radius 2 is 1.52 bits per heavy atom. The molecule has 3 rings (SSSR count). The van der Waals surface area contributed by atoms with Crippen molar-refractivity contribution in [2.75, 3.05) is 11.9 Å². The molecule has 29 heavy (non-hydrogen) atoms. The first-order chi connectivity index (χ1) is 14.0. The summed E-state index contributed by atoms with van der Waals surface area (Å²) in [5.41, 5.74) is 0.955. The SMILES string of the molecule is O=C(COC(=O)c1ccc(NC(=O)c2ccco2)cc1)NC(=O)c1ccccc1. The molecule has 0 bridgehead atoms. The van der Waals surface area contributed by atoms with Crippen LogP contribution in [0.25, 0.3) is 0 Å². The van der Waals surface area contributed by atoms with Gasteiger partial charge >= 0.3 is 5.97 Å². The summed E-state index contributed by atoms with van der Waals surface area (Å²) in [4.78, 5) is 47.6. The molecule has 0 saturated carbocycles. The van der Waals surface area contributed by atoms with E-state index >= 15 is 0 Å². The molecule has 146 valence electrons. The van der Waals surface area contributed by atoms with Crippen molar-refractivity contribution < 1.29 is 28.3 Å². The van der Waals surface area contributed by atoms with E-state index in [-0.39, 0.29) is 11.3 Å². The zero-order valence-corrected chi connectivity index (χ0v) is 15.1. The van der Waals surface area contributed by atoms with Crippen molar-refractivity contribution in [3.63, 3.8) is 0 Å². The van der Waals surface area contributed by atoms with Gasteiger partial charge in [-0.2, -0.15) is 0 Å². The summed E-state index contributed by atoms with van der Waals surface area (Å²) in [6, 6.07) is 17.2. The van der Waals surface area contributed by atoms with Crippen LogP contribution >= 0.6 is 0 Å². The Bertz CT molecular complexity index is 1010. The minimum absolute atomic E-state index is 0.157.